The van der Waals surface area contributed by atoms with Gasteiger partial charge < -0.3 is 9.47 Å². The predicted octanol–water partition coefficient (Wildman–Crippen LogP) is 5.84. The average molecular weight is 378 g/mol. The molecule has 0 spiro atoms. The van der Waals surface area contributed by atoms with Crippen LogP contribution in [0.1, 0.15) is 60.8 Å². The number of benzene rings is 2. The van der Waals surface area contributed by atoms with Crippen LogP contribution in [0.25, 0.3) is 0 Å². The quantitative estimate of drug-likeness (QED) is 0.448. The Labute approximate surface area is 156 Å². The van der Waals surface area contributed by atoms with Crippen LogP contribution in [-0.2, 0) is 11.4 Å². The van der Waals surface area contributed by atoms with Crippen molar-refractivity contribution < 1.29 is 27.4 Å². The molecule has 0 heterocycles. The van der Waals surface area contributed by atoms with Crippen molar-refractivity contribution in [2.75, 3.05) is 0 Å². The van der Waals surface area contributed by atoms with Crippen LogP contribution in [0.3, 0.4) is 0 Å². The molecule has 0 amide bonds. The van der Waals surface area contributed by atoms with Gasteiger partial charge in [0.25, 0.3) is 6.43 Å². The number of alkyl halides is 2. The van der Waals surface area contributed by atoms with Crippen LogP contribution in [0, 0.1) is 12.7 Å². The van der Waals surface area contributed by atoms with Gasteiger partial charge in [0, 0.05) is 12.0 Å². The van der Waals surface area contributed by atoms with Crippen LogP contribution in [-0.4, -0.2) is 5.97 Å². The molecule has 1 aliphatic rings. The summed E-state index contributed by atoms with van der Waals surface area (Å²) in [6, 6.07) is 7.49. The maximum Gasteiger partial charge on any atom is 0.310 e. The first-order valence-electron chi connectivity index (χ1n) is 8.94. The lowest BCUT2D eigenvalue weighted by atomic mass is 10.0. The first-order chi connectivity index (χ1) is 12.9. The van der Waals surface area contributed by atoms with Gasteiger partial charge in [-0.1, -0.05) is 19.1 Å². The molecule has 0 bridgehead atoms. The van der Waals surface area contributed by atoms with Crippen molar-refractivity contribution in [3.05, 3.63) is 58.4 Å². The van der Waals surface area contributed by atoms with E-state index in [2.05, 4.69) is 0 Å². The molecular weight excluding hydrogens is 357 g/mol. The largest absolute Gasteiger partial charge is 0.488 e. The van der Waals surface area contributed by atoms with E-state index in [1.54, 1.807) is 13.0 Å². The molecule has 0 atom stereocenters. The minimum absolute atomic E-state index is 0.0379. The number of hydrogen-bond acceptors (Lipinski definition) is 3. The summed E-state index contributed by atoms with van der Waals surface area (Å²) >= 11 is 0. The van der Waals surface area contributed by atoms with Gasteiger partial charge in [-0.3, -0.25) is 4.79 Å². The third-order valence-electron chi connectivity index (χ3n) is 4.60. The lowest BCUT2D eigenvalue weighted by Gasteiger charge is -2.17. The molecule has 0 aromatic heterocycles. The van der Waals surface area contributed by atoms with E-state index in [-0.39, 0.29) is 30.3 Å². The number of ether oxygens (including phenoxy) is 2. The normalized spacial score (nSPS) is 13.7. The van der Waals surface area contributed by atoms with E-state index in [4.69, 9.17) is 9.47 Å². The number of rotatable bonds is 7. The zero-order chi connectivity index (χ0) is 19.6. The second-order valence-corrected chi connectivity index (χ2v) is 6.65. The number of carbonyl (C=O) groups excluding carboxylic acids is 1. The molecule has 6 heteroatoms. The first kappa shape index (κ1) is 19.3. The van der Waals surface area contributed by atoms with Gasteiger partial charge in [0.15, 0.2) is 0 Å². The summed E-state index contributed by atoms with van der Waals surface area (Å²) in [5, 5.41) is 0. The van der Waals surface area contributed by atoms with Gasteiger partial charge >= 0.3 is 5.97 Å². The second kappa shape index (κ2) is 8.03. The predicted molar refractivity (Wildman–Crippen MR) is 94.8 cm³/mol. The molecule has 1 aliphatic carbocycles. The summed E-state index contributed by atoms with van der Waals surface area (Å²) in [4.78, 5) is 11.7. The van der Waals surface area contributed by atoms with Gasteiger partial charge in [0.1, 0.15) is 23.9 Å². The monoisotopic (exact) mass is 378 g/mol. The fourth-order valence-corrected chi connectivity index (χ4v) is 2.92. The van der Waals surface area contributed by atoms with Gasteiger partial charge in [-0.2, -0.15) is 0 Å². The van der Waals surface area contributed by atoms with Crippen molar-refractivity contribution in [3.8, 4) is 11.5 Å². The van der Waals surface area contributed by atoms with Gasteiger partial charge in [0.05, 0.1) is 5.56 Å². The highest BCUT2D eigenvalue weighted by Crippen LogP contribution is 2.44. The fourth-order valence-electron chi connectivity index (χ4n) is 2.92. The smallest absolute Gasteiger partial charge is 0.310 e. The van der Waals surface area contributed by atoms with Gasteiger partial charge in [-0.15, -0.1) is 0 Å². The first-order valence-corrected chi connectivity index (χ1v) is 8.94. The number of esters is 1. The van der Waals surface area contributed by atoms with Crippen LogP contribution in [0.5, 0.6) is 11.5 Å². The molecule has 2 aromatic carbocycles. The standard InChI is InChI=1S/C21H21F3O3/c1-3-20(25)27-18-6-4-5-14(13-7-8-13)16(18)11-26-19-9-12(2)17(22)10-15(19)21(23)24/h4-6,9-10,13,21H,3,7-8,11H2,1-2H3. The van der Waals surface area contributed by atoms with Crippen LogP contribution in [0.2, 0.25) is 0 Å². The number of hydrogen-bond donors (Lipinski definition) is 0. The van der Waals surface area contributed by atoms with Crippen molar-refractivity contribution in [1.82, 2.24) is 0 Å². The number of halogens is 3. The van der Waals surface area contributed by atoms with Crippen molar-refractivity contribution in [2.24, 2.45) is 0 Å². The highest BCUT2D eigenvalue weighted by molar-refractivity contribution is 5.72. The summed E-state index contributed by atoms with van der Waals surface area (Å²) in [7, 11) is 0. The van der Waals surface area contributed by atoms with E-state index in [1.165, 1.54) is 13.0 Å². The van der Waals surface area contributed by atoms with Crippen molar-refractivity contribution in [1.29, 1.82) is 0 Å². The number of carbonyl (C=O) groups is 1. The van der Waals surface area contributed by atoms with E-state index in [1.807, 2.05) is 12.1 Å². The summed E-state index contributed by atoms with van der Waals surface area (Å²) < 4.78 is 51.2. The Kier molecular flexibility index (Phi) is 5.73. The summed E-state index contributed by atoms with van der Waals surface area (Å²) in [5.74, 6) is -0.414. The Morgan fingerprint density at radius 1 is 1.22 bits per heavy atom. The van der Waals surface area contributed by atoms with E-state index >= 15 is 0 Å². The van der Waals surface area contributed by atoms with E-state index in [0.29, 0.717) is 17.2 Å². The molecule has 0 radical (unpaired) electrons. The maximum atomic E-state index is 13.7. The van der Waals surface area contributed by atoms with Crippen molar-refractivity contribution in [3.63, 3.8) is 0 Å². The summed E-state index contributed by atoms with van der Waals surface area (Å²) in [5.41, 5.74) is 1.40. The van der Waals surface area contributed by atoms with E-state index in [0.717, 1.165) is 24.5 Å². The Morgan fingerprint density at radius 2 is 1.96 bits per heavy atom. The lowest BCUT2D eigenvalue weighted by Crippen LogP contribution is -2.10. The number of aryl methyl sites for hydroxylation is 1. The molecule has 144 valence electrons. The van der Waals surface area contributed by atoms with Crippen LogP contribution in [0.4, 0.5) is 13.2 Å². The van der Waals surface area contributed by atoms with Crippen molar-refractivity contribution in [2.45, 2.75) is 52.1 Å². The van der Waals surface area contributed by atoms with E-state index < -0.39 is 17.8 Å². The minimum Gasteiger partial charge on any atom is -0.488 e. The van der Waals surface area contributed by atoms with Gasteiger partial charge in [-0.25, -0.2) is 13.2 Å². The van der Waals surface area contributed by atoms with Crippen LogP contribution in [0.15, 0.2) is 30.3 Å². The zero-order valence-electron chi connectivity index (χ0n) is 15.2. The Morgan fingerprint density at radius 3 is 2.59 bits per heavy atom. The molecule has 3 nitrogen and oxygen atoms in total. The zero-order valence-corrected chi connectivity index (χ0v) is 15.2. The molecule has 0 saturated heterocycles. The molecule has 1 saturated carbocycles. The molecule has 0 unspecified atom stereocenters. The molecular formula is C21H21F3O3. The Hall–Kier alpha value is -2.50. The maximum absolute atomic E-state index is 13.7. The van der Waals surface area contributed by atoms with E-state index in [9.17, 15) is 18.0 Å². The van der Waals surface area contributed by atoms with Gasteiger partial charge in [0.2, 0.25) is 0 Å². The topological polar surface area (TPSA) is 35.5 Å². The highest BCUT2D eigenvalue weighted by Gasteiger charge is 2.28. The Balaban J connectivity index is 1.91. The molecule has 2 aromatic rings. The summed E-state index contributed by atoms with van der Waals surface area (Å²) in [6.45, 7) is 3.15. The third-order valence-corrected chi connectivity index (χ3v) is 4.60. The molecule has 0 aliphatic heterocycles. The molecule has 3 rings (SSSR count). The molecule has 1 fully saturated rings. The van der Waals surface area contributed by atoms with Crippen LogP contribution >= 0.6 is 0 Å². The third kappa shape index (κ3) is 4.43. The summed E-state index contributed by atoms with van der Waals surface area (Å²) in [6.07, 6.45) is -0.585. The highest BCUT2D eigenvalue weighted by atomic mass is 19.3. The van der Waals surface area contributed by atoms with Crippen molar-refractivity contribution >= 4 is 5.97 Å². The SMILES string of the molecule is CCC(=O)Oc1cccc(C2CC2)c1COc1cc(C)c(F)cc1C(F)F. The lowest BCUT2D eigenvalue weighted by molar-refractivity contribution is -0.134. The second-order valence-electron chi connectivity index (χ2n) is 6.65. The molecule has 27 heavy (non-hydrogen) atoms. The fraction of sp³-hybridized carbons (Fsp3) is 0.381. The van der Waals surface area contributed by atoms with Gasteiger partial charge in [-0.05, 0) is 55.0 Å². The Bertz CT molecular complexity index is 845. The average Bonchev–Trinajstić information content (AvgIpc) is 3.47. The minimum atomic E-state index is -2.86. The molecule has 0 N–H and O–H groups in total. The van der Waals surface area contributed by atoms with Crippen LogP contribution < -0.4 is 9.47 Å².